The van der Waals surface area contributed by atoms with Crippen LogP contribution in [0.15, 0.2) is 67.0 Å². The number of ether oxygens (including phenoxy) is 1. The van der Waals surface area contributed by atoms with Crippen molar-refractivity contribution in [3.05, 3.63) is 94.3 Å². The number of Topliss-reactive ketones (excluding diaryl/α,β-unsaturated/α-hetero) is 1. The summed E-state index contributed by atoms with van der Waals surface area (Å²) in [6.07, 6.45) is 0.381. The summed E-state index contributed by atoms with van der Waals surface area (Å²) in [6, 6.07) is 13.9. The van der Waals surface area contributed by atoms with Crippen LogP contribution in [0.4, 0.5) is 13.2 Å². The van der Waals surface area contributed by atoms with Gasteiger partial charge in [0, 0.05) is 25.2 Å². The lowest BCUT2D eigenvalue weighted by atomic mass is 10.0. The van der Waals surface area contributed by atoms with Crippen molar-refractivity contribution in [3.63, 3.8) is 0 Å². The molecule has 1 heterocycles. The van der Waals surface area contributed by atoms with Crippen molar-refractivity contribution in [1.82, 2.24) is 4.98 Å². The predicted molar refractivity (Wildman–Crippen MR) is 108 cm³/mol. The first-order chi connectivity index (χ1) is 14.3. The molecule has 156 valence electrons. The van der Waals surface area contributed by atoms with E-state index >= 15 is 0 Å². The van der Waals surface area contributed by atoms with Gasteiger partial charge in [-0.25, -0.2) is 0 Å². The highest BCUT2D eigenvalue weighted by Gasteiger charge is 2.31. The summed E-state index contributed by atoms with van der Waals surface area (Å²) in [7, 11) is 0. The highest BCUT2D eigenvalue weighted by atomic mass is 35.5. The molecule has 2 aromatic carbocycles. The minimum Gasteiger partial charge on any atom is -0.487 e. The molecule has 7 heteroatoms. The smallest absolute Gasteiger partial charge is 0.416 e. The normalized spacial score (nSPS) is 11.3. The number of hydrogen-bond acceptors (Lipinski definition) is 3. The van der Waals surface area contributed by atoms with Crippen LogP contribution >= 0.6 is 11.6 Å². The molecule has 3 rings (SSSR count). The van der Waals surface area contributed by atoms with Gasteiger partial charge in [-0.05, 0) is 47.4 Å². The number of hydrogen-bond donors (Lipinski definition) is 0. The Morgan fingerprint density at radius 3 is 2.40 bits per heavy atom. The monoisotopic (exact) mass is 433 g/mol. The van der Waals surface area contributed by atoms with Crippen LogP contribution in [0.1, 0.15) is 28.7 Å². The number of rotatable bonds is 8. The number of halogens is 4. The molecule has 0 bridgehead atoms. The number of nitrogens with zero attached hydrogens (tertiary/aromatic N) is 1. The number of benzene rings is 2. The van der Waals surface area contributed by atoms with E-state index < -0.39 is 11.7 Å². The van der Waals surface area contributed by atoms with E-state index in [1.54, 1.807) is 24.5 Å². The molecule has 30 heavy (non-hydrogen) atoms. The van der Waals surface area contributed by atoms with Crippen LogP contribution in [-0.4, -0.2) is 10.8 Å². The highest BCUT2D eigenvalue weighted by molar-refractivity contribution is 6.32. The Balaban J connectivity index is 1.53. The predicted octanol–water partition coefficient (Wildman–Crippen LogP) is 6.08. The SMILES string of the molecule is O=C(CCc1cccnc1)Cc1ccc(COc2cc(C(F)(F)F)ccc2Cl)cc1. The quantitative estimate of drug-likeness (QED) is 0.432. The molecule has 3 aromatic rings. The van der Waals surface area contributed by atoms with Gasteiger partial charge in [-0.3, -0.25) is 9.78 Å². The fourth-order valence-corrected chi connectivity index (χ4v) is 3.02. The van der Waals surface area contributed by atoms with Crippen molar-refractivity contribution in [3.8, 4) is 5.75 Å². The average molecular weight is 434 g/mol. The Labute approximate surface area is 177 Å². The summed E-state index contributed by atoms with van der Waals surface area (Å²) < 4.78 is 44.0. The van der Waals surface area contributed by atoms with Crippen molar-refractivity contribution in [2.45, 2.75) is 32.0 Å². The summed E-state index contributed by atoms with van der Waals surface area (Å²) in [5, 5.41) is 0.110. The number of aromatic nitrogens is 1. The van der Waals surface area contributed by atoms with Crippen molar-refractivity contribution in [2.75, 3.05) is 0 Å². The maximum absolute atomic E-state index is 12.8. The van der Waals surface area contributed by atoms with Crippen molar-refractivity contribution in [2.24, 2.45) is 0 Å². The third-order valence-corrected chi connectivity index (χ3v) is 4.80. The second kappa shape index (κ2) is 9.76. The van der Waals surface area contributed by atoms with Crippen LogP contribution in [0, 0.1) is 0 Å². The van der Waals surface area contributed by atoms with Gasteiger partial charge in [-0.15, -0.1) is 0 Å². The highest BCUT2D eigenvalue weighted by Crippen LogP contribution is 2.35. The van der Waals surface area contributed by atoms with Gasteiger partial charge in [-0.1, -0.05) is 41.9 Å². The molecule has 3 nitrogen and oxygen atoms in total. The zero-order chi connectivity index (χ0) is 21.6. The molecule has 0 aliphatic carbocycles. The van der Waals surface area contributed by atoms with Gasteiger partial charge in [0.05, 0.1) is 10.6 Å². The molecule has 0 N–H and O–H groups in total. The molecule has 0 spiro atoms. The molecular weight excluding hydrogens is 415 g/mol. The average Bonchev–Trinajstić information content (AvgIpc) is 2.72. The summed E-state index contributed by atoms with van der Waals surface area (Å²) >= 11 is 5.94. The van der Waals surface area contributed by atoms with Gasteiger partial charge in [0.2, 0.25) is 0 Å². The zero-order valence-corrected chi connectivity index (χ0v) is 16.7. The van der Waals surface area contributed by atoms with Crippen LogP contribution in [0.3, 0.4) is 0 Å². The van der Waals surface area contributed by atoms with Crippen molar-refractivity contribution >= 4 is 17.4 Å². The third-order valence-electron chi connectivity index (χ3n) is 4.49. The second-order valence-corrected chi connectivity index (χ2v) is 7.23. The lowest BCUT2D eigenvalue weighted by Gasteiger charge is -2.12. The van der Waals surface area contributed by atoms with Gasteiger partial charge in [0.15, 0.2) is 0 Å². The number of ketones is 1. The van der Waals surface area contributed by atoms with E-state index in [2.05, 4.69) is 4.98 Å². The topological polar surface area (TPSA) is 39.2 Å². The van der Waals surface area contributed by atoms with Gasteiger partial charge in [-0.2, -0.15) is 13.2 Å². The molecule has 0 aliphatic rings. The first-order valence-corrected chi connectivity index (χ1v) is 9.67. The second-order valence-electron chi connectivity index (χ2n) is 6.82. The molecule has 0 radical (unpaired) electrons. The Kier molecular flexibility index (Phi) is 7.11. The van der Waals surface area contributed by atoms with E-state index in [9.17, 15) is 18.0 Å². The molecule has 0 aliphatic heterocycles. The molecule has 0 amide bonds. The Morgan fingerprint density at radius 2 is 1.73 bits per heavy atom. The molecular formula is C23H19ClF3NO2. The van der Waals surface area contributed by atoms with E-state index in [4.69, 9.17) is 16.3 Å². The van der Waals surface area contributed by atoms with E-state index in [0.29, 0.717) is 19.3 Å². The standard InChI is InChI=1S/C23H19ClF3NO2/c24-21-10-8-19(23(25,26)27)13-22(21)30-15-18-5-3-16(4-6-18)12-20(29)9-7-17-2-1-11-28-14-17/h1-6,8,10-11,13-14H,7,9,12,15H2. The van der Waals surface area contributed by atoms with Crippen molar-refractivity contribution < 1.29 is 22.7 Å². The van der Waals surface area contributed by atoms with E-state index in [0.717, 1.165) is 28.8 Å². The summed E-state index contributed by atoms with van der Waals surface area (Å²) in [5.41, 5.74) is 1.83. The van der Waals surface area contributed by atoms with Gasteiger partial charge < -0.3 is 4.74 Å². The van der Waals surface area contributed by atoms with E-state index in [1.807, 2.05) is 24.3 Å². The Morgan fingerprint density at radius 1 is 1.00 bits per heavy atom. The molecule has 1 aromatic heterocycles. The van der Waals surface area contributed by atoms with Gasteiger partial charge in [0.25, 0.3) is 0 Å². The third kappa shape index (κ3) is 6.32. The van der Waals surface area contributed by atoms with Gasteiger partial charge >= 0.3 is 6.18 Å². The first kappa shape index (κ1) is 21.8. The van der Waals surface area contributed by atoms with Crippen LogP contribution in [-0.2, 0) is 30.4 Å². The summed E-state index contributed by atoms with van der Waals surface area (Å²) in [6.45, 7) is 0.0657. The number of alkyl halides is 3. The molecule has 0 atom stereocenters. The van der Waals surface area contributed by atoms with Crippen LogP contribution < -0.4 is 4.74 Å². The van der Waals surface area contributed by atoms with Gasteiger partial charge in [0.1, 0.15) is 18.1 Å². The zero-order valence-electron chi connectivity index (χ0n) is 16.0. The van der Waals surface area contributed by atoms with Crippen LogP contribution in [0.2, 0.25) is 5.02 Å². The van der Waals surface area contributed by atoms with Crippen LogP contribution in [0.5, 0.6) is 5.75 Å². The van der Waals surface area contributed by atoms with E-state index in [1.165, 1.54) is 6.07 Å². The maximum atomic E-state index is 12.8. The van der Waals surface area contributed by atoms with E-state index in [-0.39, 0.29) is 23.2 Å². The minimum atomic E-state index is -4.46. The lowest BCUT2D eigenvalue weighted by Crippen LogP contribution is -2.06. The minimum absolute atomic E-state index is 0.0267. The number of pyridine rings is 1. The maximum Gasteiger partial charge on any atom is 0.416 e. The number of carbonyl (C=O) groups is 1. The van der Waals surface area contributed by atoms with Crippen LogP contribution in [0.25, 0.3) is 0 Å². The molecule has 0 saturated heterocycles. The molecule has 0 unspecified atom stereocenters. The fourth-order valence-electron chi connectivity index (χ4n) is 2.85. The largest absolute Gasteiger partial charge is 0.487 e. The summed E-state index contributed by atoms with van der Waals surface area (Å²) in [4.78, 5) is 16.2. The fraction of sp³-hybridized carbons (Fsp3) is 0.217. The first-order valence-electron chi connectivity index (χ1n) is 9.29. The number of aryl methyl sites for hydroxylation is 1. The number of carbonyl (C=O) groups excluding carboxylic acids is 1. The Bertz CT molecular complexity index is 990. The molecule has 0 saturated carbocycles. The van der Waals surface area contributed by atoms with Crippen molar-refractivity contribution in [1.29, 1.82) is 0 Å². The lowest BCUT2D eigenvalue weighted by molar-refractivity contribution is -0.137. The Hall–Kier alpha value is -2.86. The summed E-state index contributed by atoms with van der Waals surface area (Å²) in [5.74, 6) is 0.0970. The molecule has 0 fully saturated rings.